The molecule has 9 heteroatoms. The van der Waals surface area contributed by atoms with E-state index in [-0.39, 0.29) is 6.03 Å². The summed E-state index contributed by atoms with van der Waals surface area (Å²) in [5.74, 6) is 0. The largest absolute Gasteiger partial charge is 0.377 e. The van der Waals surface area contributed by atoms with Gasteiger partial charge in [-0.1, -0.05) is 12.1 Å². The maximum atomic E-state index is 12.9. The Kier molecular flexibility index (Phi) is 8.29. The first kappa shape index (κ1) is 29.6. The van der Waals surface area contributed by atoms with Crippen LogP contribution in [0, 0.1) is 0 Å². The van der Waals surface area contributed by atoms with E-state index in [0.29, 0.717) is 23.5 Å². The molecule has 234 valence electrons. The van der Waals surface area contributed by atoms with Gasteiger partial charge >= 0.3 is 6.03 Å². The fourth-order valence-corrected chi connectivity index (χ4v) is 8.89. The molecule has 3 atom stereocenters. The number of likely N-dealkylation sites (tertiary alicyclic amines) is 1. The Hall–Kier alpha value is -3.14. The van der Waals surface area contributed by atoms with Crippen LogP contribution in [0.15, 0.2) is 71.5 Å². The van der Waals surface area contributed by atoms with Crippen LogP contribution in [-0.4, -0.2) is 78.2 Å². The smallest absolute Gasteiger partial charge is 0.323 e. The highest BCUT2D eigenvalue weighted by Gasteiger charge is 2.40. The van der Waals surface area contributed by atoms with Gasteiger partial charge in [0.25, 0.3) is 0 Å². The molecule has 44 heavy (non-hydrogen) atoms. The van der Waals surface area contributed by atoms with Crippen molar-refractivity contribution in [1.29, 1.82) is 0 Å². The quantitative estimate of drug-likeness (QED) is 0.347. The number of morpholine rings is 1. The highest BCUT2D eigenvalue weighted by atomic mass is 32.2. The number of carbonyl (C=O) groups excluding carboxylic acids is 1. The maximum absolute atomic E-state index is 12.9. The molecule has 2 aromatic rings. The van der Waals surface area contributed by atoms with E-state index < -0.39 is 0 Å². The Labute approximate surface area is 266 Å². The van der Waals surface area contributed by atoms with Crippen molar-refractivity contribution in [2.75, 3.05) is 54.3 Å². The van der Waals surface area contributed by atoms with Gasteiger partial charge in [-0.15, -0.1) is 0 Å². The molecule has 8 nitrogen and oxygen atoms in total. The first-order valence-corrected chi connectivity index (χ1v) is 17.2. The maximum Gasteiger partial charge on any atom is 0.323 e. The van der Waals surface area contributed by atoms with Crippen molar-refractivity contribution in [1.82, 2.24) is 14.7 Å². The summed E-state index contributed by atoms with van der Waals surface area (Å²) in [6.07, 6.45) is 10.8. The van der Waals surface area contributed by atoms with Gasteiger partial charge in [0.2, 0.25) is 0 Å². The Morgan fingerprint density at radius 1 is 0.841 bits per heavy atom. The number of hydrogen-bond donors (Lipinski definition) is 2. The van der Waals surface area contributed by atoms with E-state index in [2.05, 4.69) is 87.0 Å². The molecule has 0 radical (unpaired) electrons. The minimum absolute atomic E-state index is 0.229. The van der Waals surface area contributed by atoms with Crippen molar-refractivity contribution in [3.8, 4) is 0 Å². The van der Waals surface area contributed by atoms with Gasteiger partial charge in [-0.05, 0) is 126 Å². The van der Waals surface area contributed by atoms with E-state index in [1.165, 1.54) is 68.0 Å². The summed E-state index contributed by atoms with van der Waals surface area (Å²) < 4.78 is 8.01. The second-order valence-corrected chi connectivity index (χ2v) is 14.3. The van der Waals surface area contributed by atoms with Crippen LogP contribution in [0.4, 0.5) is 21.9 Å². The summed E-state index contributed by atoms with van der Waals surface area (Å²) in [7, 11) is 0. The number of ether oxygens (including phenoxy) is 1. The Balaban J connectivity index is 1.02. The predicted octanol–water partition coefficient (Wildman–Crippen LogP) is 6.81. The molecule has 6 heterocycles. The van der Waals surface area contributed by atoms with E-state index in [9.17, 15) is 4.79 Å². The summed E-state index contributed by atoms with van der Waals surface area (Å²) in [5.41, 5.74) is 5.66. The Morgan fingerprint density at radius 2 is 1.45 bits per heavy atom. The summed E-state index contributed by atoms with van der Waals surface area (Å²) in [4.78, 5) is 20.5. The van der Waals surface area contributed by atoms with Crippen molar-refractivity contribution in [2.45, 2.75) is 76.4 Å². The van der Waals surface area contributed by atoms with Crippen molar-refractivity contribution >= 4 is 35.0 Å². The summed E-state index contributed by atoms with van der Waals surface area (Å²) in [6.45, 7) is 12.9. The number of nitrogens with one attached hydrogen (secondary N) is 2. The number of fused-ring (bicyclic) bond motifs is 3. The van der Waals surface area contributed by atoms with Crippen molar-refractivity contribution in [3.05, 3.63) is 77.1 Å². The Bertz CT molecular complexity index is 1380. The molecule has 1 unspecified atom stereocenters. The van der Waals surface area contributed by atoms with E-state index >= 15 is 0 Å². The van der Waals surface area contributed by atoms with Gasteiger partial charge in [-0.25, -0.2) is 4.79 Å². The van der Waals surface area contributed by atoms with E-state index in [0.717, 1.165) is 36.8 Å². The van der Waals surface area contributed by atoms with Gasteiger partial charge in [-0.3, -0.25) is 4.31 Å². The van der Waals surface area contributed by atoms with E-state index in [1.54, 1.807) is 11.9 Å². The van der Waals surface area contributed by atoms with Gasteiger partial charge in [-0.2, -0.15) is 0 Å². The normalized spacial score (nSPS) is 30.2. The van der Waals surface area contributed by atoms with E-state index in [1.807, 2.05) is 24.3 Å². The topological polar surface area (TPSA) is 63.3 Å². The van der Waals surface area contributed by atoms with Crippen molar-refractivity contribution in [2.24, 2.45) is 0 Å². The molecule has 0 saturated carbocycles. The molecule has 5 saturated heterocycles. The highest BCUT2D eigenvalue weighted by molar-refractivity contribution is 8.04. The Morgan fingerprint density at radius 3 is 2.07 bits per heavy atom. The number of allylic oxidation sites excluding steroid dienone is 1. The van der Waals surface area contributed by atoms with Crippen LogP contribution in [-0.2, 0) is 10.2 Å². The molecule has 2 bridgehead atoms. The number of benzene rings is 2. The number of rotatable bonds is 6. The zero-order valence-electron chi connectivity index (χ0n) is 26.3. The number of nitrogens with zero attached hydrogens (tertiary/aromatic N) is 4. The van der Waals surface area contributed by atoms with Crippen LogP contribution in [0.3, 0.4) is 0 Å². The average Bonchev–Trinajstić information content (AvgIpc) is 3.39. The standard InChI is InChI=1S/C35H46N6O2S/c1-25-4-5-26(2)41(25)32-22-33(39-20-21-43-24-27(39)3)44-40(23-32)31-12-10-30(11-13-31)37-34(42)36-29-8-6-28(7-9-29)35-14-17-38(18-15-35)19-16-35/h6-13,22-23,25-27H,4-5,14-21,24H2,1-3H3,(H2,36,37,42)/t25-,26+,27?. The summed E-state index contributed by atoms with van der Waals surface area (Å²) in [5, 5.41) is 7.29. The second kappa shape index (κ2) is 12.3. The van der Waals surface area contributed by atoms with E-state index in [4.69, 9.17) is 4.74 Å². The van der Waals surface area contributed by atoms with Crippen molar-refractivity contribution < 1.29 is 9.53 Å². The van der Waals surface area contributed by atoms with Crippen LogP contribution in [0.1, 0.15) is 58.4 Å². The number of anilines is 3. The van der Waals surface area contributed by atoms with Gasteiger partial charge in [0, 0.05) is 48.2 Å². The molecule has 2 amide bonds. The van der Waals surface area contributed by atoms with Crippen LogP contribution < -0.4 is 14.9 Å². The molecular weight excluding hydrogens is 568 g/mol. The molecule has 6 aliphatic rings. The lowest BCUT2D eigenvalue weighted by molar-refractivity contribution is 0.0211. The molecule has 2 aromatic carbocycles. The summed E-state index contributed by atoms with van der Waals surface area (Å²) >= 11 is 1.76. The van der Waals surface area contributed by atoms with Gasteiger partial charge < -0.3 is 30.1 Å². The van der Waals surface area contributed by atoms with Crippen LogP contribution in [0.5, 0.6) is 0 Å². The van der Waals surface area contributed by atoms with Crippen LogP contribution >= 0.6 is 11.9 Å². The summed E-state index contributed by atoms with van der Waals surface area (Å²) in [6, 6.07) is 17.8. The molecule has 0 spiro atoms. The highest BCUT2D eigenvalue weighted by Crippen LogP contribution is 2.43. The molecule has 2 N–H and O–H groups in total. The fourth-order valence-electron chi connectivity index (χ4n) is 7.75. The number of hydrogen-bond acceptors (Lipinski definition) is 7. The number of amides is 2. The van der Waals surface area contributed by atoms with Gasteiger partial charge in [0.15, 0.2) is 0 Å². The third-order valence-corrected chi connectivity index (χ3v) is 11.5. The third-order valence-electron chi connectivity index (χ3n) is 10.5. The minimum atomic E-state index is -0.229. The monoisotopic (exact) mass is 614 g/mol. The minimum Gasteiger partial charge on any atom is -0.377 e. The van der Waals surface area contributed by atoms with Gasteiger partial charge in [0.1, 0.15) is 0 Å². The van der Waals surface area contributed by atoms with Crippen molar-refractivity contribution in [3.63, 3.8) is 0 Å². The SMILES string of the molecule is CC1COCCN1C1=CC(N2[C@H](C)CC[C@@H]2C)=CN(c2ccc(NC(=O)Nc3ccc(C45CCN(CC4)CC5)cc3)cc2)S1. The lowest BCUT2D eigenvalue weighted by Gasteiger charge is -2.48. The fraction of sp³-hybridized carbons (Fsp3) is 0.514. The van der Waals surface area contributed by atoms with Crippen LogP contribution in [0.25, 0.3) is 0 Å². The number of carbonyl (C=O) groups is 1. The molecule has 0 aliphatic carbocycles. The van der Waals surface area contributed by atoms with Gasteiger partial charge in [0.05, 0.1) is 35.7 Å². The molecule has 5 fully saturated rings. The van der Waals surface area contributed by atoms with Crippen LogP contribution in [0.2, 0.25) is 0 Å². The zero-order chi connectivity index (χ0) is 30.3. The lowest BCUT2D eigenvalue weighted by atomic mass is 9.67. The molecular formula is C35H46N6O2S. The number of urea groups is 1. The predicted molar refractivity (Wildman–Crippen MR) is 181 cm³/mol. The first-order chi connectivity index (χ1) is 21.4. The average molecular weight is 615 g/mol. The third kappa shape index (κ3) is 5.94. The lowest BCUT2D eigenvalue weighted by Crippen LogP contribution is -2.50. The molecule has 6 aliphatic heterocycles. The first-order valence-electron chi connectivity index (χ1n) is 16.4. The number of piperidine rings is 3. The molecule has 8 rings (SSSR count). The zero-order valence-corrected chi connectivity index (χ0v) is 27.1. The second-order valence-electron chi connectivity index (χ2n) is 13.3. The molecule has 0 aromatic heterocycles.